The van der Waals surface area contributed by atoms with Crippen LogP contribution in [-0.4, -0.2) is 49.3 Å². The average molecular weight is 253 g/mol. The highest BCUT2D eigenvalue weighted by Gasteiger charge is 2.22. The van der Waals surface area contributed by atoms with Gasteiger partial charge in [-0.25, -0.2) is 0 Å². The zero-order chi connectivity index (χ0) is 13.4. The number of carbonyl (C=O) groups excluding carboxylic acids is 3. The van der Waals surface area contributed by atoms with Crippen molar-refractivity contribution in [2.75, 3.05) is 26.7 Å². The third-order valence-electron chi connectivity index (χ3n) is 2.61. The van der Waals surface area contributed by atoms with Crippen LogP contribution in [0.3, 0.4) is 0 Å². The quantitative estimate of drug-likeness (QED) is 0.448. The fraction of sp³-hybridized carbons (Fsp3) is 0.583. The minimum atomic E-state index is -0.297. The highest BCUT2D eigenvalue weighted by atomic mass is 16.2. The lowest BCUT2D eigenvalue weighted by atomic mass is 10.2. The number of nitrogens with zero attached hydrogens (tertiary/aromatic N) is 1. The second kappa shape index (κ2) is 7.60. The molecule has 1 heterocycles. The third kappa shape index (κ3) is 4.67. The standard InChI is InChI=1S/C12H19N3O3/c1-13-7-3-8-14-10(16)4-2-9-15-11(17)5-6-12(15)18/h5-6,13H,2-4,7-9H2,1H3,(H,14,16). The maximum atomic E-state index is 11.4. The maximum absolute atomic E-state index is 11.4. The van der Waals surface area contributed by atoms with Crippen LogP contribution in [0, 0.1) is 0 Å². The van der Waals surface area contributed by atoms with Gasteiger partial charge in [0, 0.05) is 31.7 Å². The fourth-order valence-corrected chi connectivity index (χ4v) is 1.63. The second-order valence-electron chi connectivity index (χ2n) is 4.07. The molecule has 0 aliphatic carbocycles. The van der Waals surface area contributed by atoms with Crippen molar-refractivity contribution in [1.82, 2.24) is 15.5 Å². The van der Waals surface area contributed by atoms with Crippen LogP contribution < -0.4 is 10.6 Å². The molecule has 0 atom stereocenters. The Bertz CT molecular complexity index is 334. The van der Waals surface area contributed by atoms with Crippen molar-refractivity contribution in [2.45, 2.75) is 19.3 Å². The Balaban J connectivity index is 2.09. The molecule has 0 saturated heterocycles. The number of hydrogen-bond donors (Lipinski definition) is 2. The van der Waals surface area contributed by atoms with E-state index in [4.69, 9.17) is 0 Å². The summed E-state index contributed by atoms with van der Waals surface area (Å²) in [5, 5.41) is 5.77. The van der Waals surface area contributed by atoms with E-state index in [2.05, 4.69) is 10.6 Å². The average Bonchev–Trinajstić information content (AvgIpc) is 2.66. The molecule has 6 heteroatoms. The highest BCUT2D eigenvalue weighted by Crippen LogP contribution is 2.05. The Morgan fingerprint density at radius 1 is 1.17 bits per heavy atom. The number of rotatable bonds is 8. The SMILES string of the molecule is CNCCCNC(=O)CCCN1C(=O)C=CC1=O. The summed E-state index contributed by atoms with van der Waals surface area (Å²) >= 11 is 0. The van der Waals surface area contributed by atoms with Gasteiger partial charge in [0.15, 0.2) is 0 Å². The first kappa shape index (κ1) is 14.4. The van der Waals surface area contributed by atoms with Gasteiger partial charge in [0.1, 0.15) is 0 Å². The van der Waals surface area contributed by atoms with Crippen molar-refractivity contribution >= 4 is 17.7 Å². The highest BCUT2D eigenvalue weighted by molar-refractivity contribution is 6.12. The van der Waals surface area contributed by atoms with Crippen LogP contribution >= 0.6 is 0 Å². The van der Waals surface area contributed by atoms with Crippen molar-refractivity contribution in [1.29, 1.82) is 0 Å². The van der Waals surface area contributed by atoms with Gasteiger partial charge in [0.05, 0.1) is 0 Å². The molecule has 100 valence electrons. The summed E-state index contributed by atoms with van der Waals surface area (Å²) in [6, 6.07) is 0. The van der Waals surface area contributed by atoms with Gasteiger partial charge in [-0.15, -0.1) is 0 Å². The van der Waals surface area contributed by atoms with Gasteiger partial charge in [-0.2, -0.15) is 0 Å². The van der Waals surface area contributed by atoms with Gasteiger partial charge in [-0.3, -0.25) is 19.3 Å². The molecule has 0 bridgehead atoms. The van der Waals surface area contributed by atoms with Gasteiger partial charge in [0.25, 0.3) is 11.8 Å². The van der Waals surface area contributed by atoms with Crippen molar-refractivity contribution < 1.29 is 14.4 Å². The van der Waals surface area contributed by atoms with Crippen LogP contribution in [0.5, 0.6) is 0 Å². The van der Waals surface area contributed by atoms with Crippen molar-refractivity contribution in [3.05, 3.63) is 12.2 Å². The normalized spacial score (nSPS) is 14.4. The van der Waals surface area contributed by atoms with Crippen LogP contribution in [0.1, 0.15) is 19.3 Å². The molecule has 0 aromatic rings. The molecule has 6 nitrogen and oxygen atoms in total. The number of amides is 3. The summed E-state index contributed by atoms with van der Waals surface area (Å²) in [5.74, 6) is -0.637. The van der Waals surface area contributed by atoms with E-state index in [1.165, 1.54) is 12.2 Å². The van der Waals surface area contributed by atoms with Gasteiger partial charge < -0.3 is 10.6 Å². The first-order valence-electron chi connectivity index (χ1n) is 6.10. The van der Waals surface area contributed by atoms with Crippen molar-refractivity contribution in [3.63, 3.8) is 0 Å². The molecule has 0 unspecified atom stereocenters. The maximum Gasteiger partial charge on any atom is 0.253 e. The van der Waals surface area contributed by atoms with E-state index in [9.17, 15) is 14.4 Å². The summed E-state index contributed by atoms with van der Waals surface area (Å²) in [6.45, 7) is 1.81. The zero-order valence-corrected chi connectivity index (χ0v) is 10.6. The Morgan fingerprint density at radius 2 is 1.83 bits per heavy atom. The Hall–Kier alpha value is -1.69. The summed E-state index contributed by atoms with van der Waals surface area (Å²) in [7, 11) is 1.86. The lowest BCUT2D eigenvalue weighted by Gasteiger charge is -2.13. The molecule has 1 aliphatic heterocycles. The van der Waals surface area contributed by atoms with Crippen LogP contribution in [0.25, 0.3) is 0 Å². The zero-order valence-electron chi connectivity index (χ0n) is 10.6. The summed E-state index contributed by atoms with van der Waals surface area (Å²) < 4.78 is 0. The van der Waals surface area contributed by atoms with E-state index < -0.39 is 0 Å². The molecule has 2 N–H and O–H groups in total. The first-order valence-corrected chi connectivity index (χ1v) is 6.10. The smallest absolute Gasteiger partial charge is 0.253 e. The Morgan fingerprint density at radius 3 is 2.44 bits per heavy atom. The first-order chi connectivity index (χ1) is 8.65. The molecule has 0 fully saturated rings. The number of carbonyl (C=O) groups is 3. The summed E-state index contributed by atoms with van der Waals surface area (Å²) in [4.78, 5) is 35.0. The molecule has 0 spiro atoms. The second-order valence-corrected chi connectivity index (χ2v) is 4.07. The molecule has 0 radical (unpaired) electrons. The summed E-state index contributed by atoms with van der Waals surface area (Å²) in [5.41, 5.74) is 0. The van der Waals surface area contributed by atoms with E-state index >= 15 is 0 Å². The largest absolute Gasteiger partial charge is 0.356 e. The van der Waals surface area contributed by atoms with Crippen LogP contribution in [0.2, 0.25) is 0 Å². The predicted octanol–water partition coefficient (Wildman–Crippen LogP) is -0.583. The molecule has 3 amide bonds. The van der Waals surface area contributed by atoms with Crippen LogP contribution in [0.15, 0.2) is 12.2 Å². The molecule has 0 saturated carbocycles. The lowest BCUT2D eigenvalue weighted by molar-refractivity contribution is -0.137. The number of hydrogen-bond acceptors (Lipinski definition) is 4. The molecular weight excluding hydrogens is 234 g/mol. The van der Waals surface area contributed by atoms with Crippen LogP contribution in [-0.2, 0) is 14.4 Å². The van der Waals surface area contributed by atoms with Gasteiger partial charge in [0.2, 0.25) is 5.91 Å². The number of nitrogens with one attached hydrogen (secondary N) is 2. The molecule has 18 heavy (non-hydrogen) atoms. The predicted molar refractivity (Wildman–Crippen MR) is 66.6 cm³/mol. The van der Waals surface area contributed by atoms with E-state index in [1.54, 1.807) is 0 Å². The van der Waals surface area contributed by atoms with E-state index in [0.29, 0.717) is 25.9 Å². The topological polar surface area (TPSA) is 78.5 Å². The lowest BCUT2D eigenvalue weighted by Crippen LogP contribution is -2.32. The molecule has 1 rings (SSSR count). The van der Waals surface area contributed by atoms with Crippen LogP contribution in [0.4, 0.5) is 0 Å². The monoisotopic (exact) mass is 253 g/mol. The summed E-state index contributed by atoms with van der Waals surface area (Å²) in [6.07, 6.45) is 4.21. The Kier molecular flexibility index (Phi) is 6.07. The molecule has 0 aromatic carbocycles. The molecule has 1 aliphatic rings. The molecular formula is C12H19N3O3. The number of imide groups is 1. The molecule has 0 aromatic heterocycles. The third-order valence-corrected chi connectivity index (χ3v) is 2.61. The minimum absolute atomic E-state index is 0.0434. The minimum Gasteiger partial charge on any atom is -0.356 e. The van der Waals surface area contributed by atoms with Gasteiger partial charge >= 0.3 is 0 Å². The fourth-order valence-electron chi connectivity index (χ4n) is 1.63. The van der Waals surface area contributed by atoms with E-state index in [-0.39, 0.29) is 17.7 Å². The van der Waals surface area contributed by atoms with E-state index in [1.807, 2.05) is 7.05 Å². The van der Waals surface area contributed by atoms with Gasteiger partial charge in [-0.05, 0) is 26.4 Å². The van der Waals surface area contributed by atoms with Crippen molar-refractivity contribution in [2.24, 2.45) is 0 Å². The van der Waals surface area contributed by atoms with E-state index in [0.717, 1.165) is 17.9 Å². The van der Waals surface area contributed by atoms with Crippen molar-refractivity contribution in [3.8, 4) is 0 Å². The Labute approximate surface area is 106 Å². The van der Waals surface area contributed by atoms with Gasteiger partial charge in [-0.1, -0.05) is 0 Å².